The Kier molecular flexibility index (Phi) is 7.22. The van der Waals surface area contributed by atoms with Gasteiger partial charge < -0.3 is 18.9 Å². The van der Waals surface area contributed by atoms with Crippen molar-refractivity contribution in [2.24, 2.45) is 17.8 Å². The van der Waals surface area contributed by atoms with Crippen LogP contribution < -0.4 is 4.74 Å². The molecule has 1 saturated heterocycles. The Bertz CT molecular complexity index is 1690. The second-order valence-electron chi connectivity index (χ2n) is 14.5. The van der Waals surface area contributed by atoms with Crippen LogP contribution in [0.15, 0.2) is 84.9 Å². The van der Waals surface area contributed by atoms with Gasteiger partial charge in [0.2, 0.25) is 0 Å². The molecule has 0 aromatic heterocycles. The summed E-state index contributed by atoms with van der Waals surface area (Å²) in [7, 11) is 0. The Morgan fingerprint density at radius 2 is 1.47 bits per heavy atom. The average Bonchev–Trinajstić information content (AvgIpc) is 3.40. The maximum Gasteiger partial charge on any atom is 0.338 e. The lowest BCUT2D eigenvalue weighted by atomic mass is 9.48. The number of ether oxygens (including phenoxy) is 4. The van der Waals surface area contributed by atoms with Crippen LogP contribution in [0.1, 0.15) is 73.9 Å². The molecular formula is C40H42O5. The molecule has 0 spiro atoms. The fourth-order valence-corrected chi connectivity index (χ4v) is 9.08. The average molecular weight is 603 g/mol. The predicted molar refractivity (Wildman–Crippen MR) is 175 cm³/mol. The minimum atomic E-state index is -0.556. The second-order valence-corrected chi connectivity index (χ2v) is 14.5. The number of fused-ring (bicyclic) bond motifs is 1. The van der Waals surface area contributed by atoms with Gasteiger partial charge in [0.1, 0.15) is 25.1 Å². The highest BCUT2D eigenvalue weighted by Gasteiger charge is 2.52. The van der Waals surface area contributed by atoms with Crippen LogP contribution in [0.5, 0.6) is 5.75 Å². The van der Waals surface area contributed by atoms with E-state index in [9.17, 15) is 4.79 Å². The number of hydrogen-bond acceptors (Lipinski definition) is 5. The number of hydrogen-bond donors (Lipinski definition) is 0. The van der Waals surface area contributed by atoms with Crippen molar-refractivity contribution in [1.82, 2.24) is 0 Å². The van der Waals surface area contributed by atoms with Gasteiger partial charge in [0.25, 0.3) is 0 Å². The lowest BCUT2D eigenvalue weighted by molar-refractivity contribution is -0.141. The molecule has 1 heterocycles. The quantitative estimate of drug-likeness (QED) is 0.189. The number of benzene rings is 4. The first kappa shape index (κ1) is 28.8. The summed E-state index contributed by atoms with van der Waals surface area (Å²) < 4.78 is 24.1. The van der Waals surface area contributed by atoms with Crippen LogP contribution >= 0.6 is 0 Å². The summed E-state index contributed by atoms with van der Waals surface area (Å²) in [5.74, 6) is 2.67. The van der Waals surface area contributed by atoms with Gasteiger partial charge >= 0.3 is 5.97 Å². The van der Waals surface area contributed by atoms with E-state index < -0.39 is 5.79 Å². The molecule has 4 aromatic carbocycles. The van der Waals surface area contributed by atoms with Crippen LogP contribution in [0, 0.1) is 17.8 Å². The van der Waals surface area contributed by atoms with Gasteiger partial charge in [-0.25, -0.2) is 4.79 Å². The fourth-order valence-electron chi connectivity index (χ4n) is 9.08. The summed E-state index contributed by atoms with van der Waals surface area (Å²) in [5, 5.41) is 2.13. The molecule has 1 unspecified atom stereocenters. The van der Waals surface area contributed by atoms with Crippen LogP contribution in [0.3, 0.4) is 0 Å². The molecule has 4 bridgehead atoms. The Morgan fingerprint density at radius 1 is 0.800 bits per heavy atom. The van der Waals surface area contributed by atoms with Gasteiger partial charge in [-0.3, -0.25) is 0 Å². The molecule has 4 aromatic rings. The molecule has 0 N–H and O–H groups in total. The molecule has 4 saturated carbocycles. The van der Waals surface area contributed by atoms with Gasteiger partial charge in [0, 0.05) is 5.56 Å². The van der Waals surface area contributed by atoms with E-state index in [4.69, 9.17) is 18.9 Å². The van der Waals surface area contributed by atoms with Gasteiger partial charge in [-0.05, 0) is 133 Å². The van der Waals surface area contributed by atoms with Gasteiger partial charge in [0.15, 0.2) is 5.79 Å². The maximum atomic E-state index is 12.8. The van der Waals surface area contributed by atoms with Crippen LogP contribution in [-0.2, 0) is 26.2 Å². The molecule has 0 amide bonds. The molecule has 5 fully saturated rings. The van der Waals surface area contributed by atoms with Crippen LogP contribution in [0.25, 0.3) is 21.9 Å². The van der Waals surface area contributed by atoms with Crippen molar-refractivity contribution >= 4 is 16.7 Å². The minimum Gasteiger partial charge on any atom is -0.490 e. The first-order valence-electron chi connectivity index (χ1n) is 16.7. The van der Waals surface area contributed by atoms with E-state index in [0.29, 0.717) is 18.8 Å². The van der Waals surface area contributed by atoms with Crippen LogP contribution in [-0.4, -0.2) is 31.1 Å². The van der Waals surface area contributed by atoms with E-state index in [-0.39, 0.29) is 24.1 Å². The molecular weight excluding hydrogens is 560 g/mol. The van der Waals surface area contributed by atoms with Gasteiger partial charge in [0.05, 0.1) is 12.2 Å². The standard InChI is InChI=1S/C40H42O5/c1-39(2)44-25-35(45-39)24-42-37-13-12-33(19-36(37)40-20-27-14-28(21-40)16-29(15-27)22-40)31-8-9-32-18-34(11-10-30(32)17-31)38(41)43-23-26-6-4-3-5-7-26/h3-13,17-19,27-29,35H,14-16,20-25H2,1-2H3. The summed E-state index contributed by atoms with van der Waals surface area (Å²) in [6.45, 7) is 5.24. The van der Waals surface area contributed by atoms with Gasteiger partial charge in [-0.15, -0.1) is 0 Å². The van der Waals surface area contributed by atoms with Crippen molar-refractivity contribution in [2.75, 3.05) is 13.2 Å². The predicted octanol–water partition coefficient (Wildman–Crippen LogP) is 8.86. The zero-order valence-electron chi connectivity index (χ0n) is 26.3. The fraction of sp³-hybridized carbons (Fsp3) is 0.425. The van der Waals surface area contributed by atoms with E-state index in [0.717, 1.165) is 39.8 Å². The van der Waals surface area contributed by atoms with Crippen molar-refractivity contribution in [3.05, 3.63) is 102 Å². The highest BCUT2D eigenvalue weighted by Crippen LogP contribution is 2.62. The van der Waals surface area contributed by atoms with Crippen molar-refractivity contribution in [2.45, 2.75) is 76.3 Å². The molecule has 232 valence electrons. The molecule has 1 aliphatic heterocycles. The van der Waals surface area contributed by atoms with E-state index in [1.807, 2.05) is 62.4 Å². The van der Waals surface area contributed by atoms with E-state index in [2.05, 4.69) is 36.4 Å². The van der Waals surface area contributed by atoms with Crippen molar-refractivity contribution < 1.29 is 23.7 Å². The lowest BCUT2D eigenvalue weighted by Gasteiger charge is -2.57. The Hall–Kier alpha value is -3.67. The lowest BCUT2D eigenvalue weighted by Crippen LogP contribution is -2.48. The maximum absolute atomic E-state index is 12.8. The van der Waals surface area contributed by atoms with Crippen molar-refractivity contribution in [3.8, 4) is 16.9 Å². The zero-order chi connectivity index (χ0) is 30.6. The Morgan fingerprint density at radius 3 is 2.18 bits per heavy atom. The molecule has 1 atom stereocenters. The summed E-state index contributed by atoms with van der Waals surface area (Å²) in [6.07, 6.45) is 7.98. The van der Waals surface area contributed by atoms with Crippen LogP contribution in [0.4, 0.5) is 0 Å². The van der Waals surface area contributed by atoms with E-state index in [1.165, 1.54) is 55.2 Å². The SMILES string of the molecule is CC1(C)OCC(COc2ccc(-c3ccc4cc(C(=O)OCc5ccccc5)ccc4c3)cc2C23CC4CC(CC(C4)C2)C3)O1. The third kappa shape index (κ3) is 5.77. The van der Waals surface area contributed by atoms with Crippen molar-refractivity contribution in [1.29, 1.82) is 0 Å². The van der Waals surface area contributed by atoms with Gasteiger partial charge in [-0.2, -0.15) is 0 Å². The number of carbonyl (C=O) groups is 1. The number of esters is 1. The highest BCUT2D eigenvalue weighted by atomic mass is 16.7. The highest BCUT2D eigenvalue weighted by molar-refractivity contribution is 5.96. The third-order valence-corrected chi connectivity index (χ3v) is 10.7. The zero-order valence-corrected chi connectivity index (χ0v) is 26.3. The normalized spacial score (nSPS) is 28.0. The molecule has 4 aliphatic carbocycles. The summed E-state index contributed by atoms with van der Waals surface area (Å²) in [6, 6.07) is 29.0. The van der Waals surface area contributed by atoms with Crippen LogP contribution in [0.2, 0.25) is 0 Å². The third-order valence-electron chi connectivity index (χ3n) is 10.7. The van der Waals surface area contributed by atoms with Gasteiger partial charge in [-0.1, -0.05) is 54.6 Å². The topological polar surface area (TPSA) is 54.0 Å². The van der Waals surface area contributed by atoms with E-state index >= 15 is 0 Å². The number of rotatable bonds is 8. The second kappa shape index (κ2) is 11.3. The Labute approximate surface area is 265 Å². The monoisotopic (exact) mass is 602 g/mol. The molecule has 9 rings (SSSR count). The first-order valence-corrected chi connectivity index (χ1v) is 16.7. The Balaban J connectivity index is 1.07. The minimum absolute atomic E-state index is 0.0649. The van der Waals surface area contributed by atoms with Crippen molar-refractivity contribution in [3.63, 3.8) is 0 Å². The smallest absolute Gasteiger partial charge is 0.338 e. The molecule has 5 heteroatoms. The first-order chi connectivity index (χ1) is 21.8. The van der Waals surface area contributed by atoms with E-state index in [1.54, 1.807) is 0 Å². The number of carbonyl (C=O) groups excluding carboxylic acids is 1. The summed E-state index contributed by atoms with van der Waals surface area (Å²) in [5.41, 5.74) is 5.51. The summed E-state index contributed by atoms with van der Waals surface area (Å²) in [4.78, 5) is 12.8. The molecule has 45 heavy (non-hydrogen) atoms. The summed E-state index contributed by atoms with van der Waals surface area (Å²) >= 11 is 0. The molecule has 5 nitrogen and oxygen atoms in total. The molecule has 5 aliphatic rings. The largest absolute Gasteiger partial charge is 0.490 e. The molecule has 0 radical (unpaired) electrons.